The van der Waals surface area contributed by atoms with Gasteiger partial charge in [-0.25, -0.2) is 15.0 Å². The van der Waals surface area contributed by atoms with Crippen molar-refractivity contribution >= 4 is 62.3 Å². The van der Waals surface area contributed by atoms with Gasteiger partial charge in [-0.1, -0.05) is 159 Å². The molecule has 0 bridgehead atoms. The molecule has 5 nitrogen and oxygen atoms in total. The lowest BCUT2D eigenvalue weighted by Gasteiger charge is -2.26. The van der Waals surface area contributed by atoms with Crippen LogP contribution in [-0.2, 0) is 0 Å². The summed E-state index contributed by atoms with van der Waals surface area (Å²) in [4.78, 5) is 18.2. The largest absolute Gasteiger partial charge is 0.398 e. The summed E-state index contributed by atoms with van der Waals surface area (Å²) in [6, 6.07) is 49.2. The third-order valence-corrected chi connectivity index (χ3v) is 11.2. The van der Waals surface area contributed by atoms with E-state index in [1.165, 1.54) is 0 Å². The van der Waals surface area contributed by atoms with Gasteiger partial charge in [-0.2, -0.15) is 0 Å². The van der Waals surface area contributed by atoms with Crippen molar-refractivity contribution in [1.82, 2.24) is 15.0 Å². The van der Waals surface area contributed by atoms with Crippen LogP contribution in [0.3, 0.4) is 0 Å². The molecule has 272 valence electrons. The molecule has 9 rings (SSSR count). The fourth-order valence-electron chi connectivity index (χ4n) is 7.26. The van der Waals surface area contributed by atoms with Crippen molar-refractivity contribution in [3.8, 4) is 45.3 Å². The van der Waals surface area contributed by atoms with Gasteiger partial charge in [0.2, 0.25) is 0 Å². The van der Waals surface area contributed by atoms with E-state index in [1.54, 1.807) is 11.3 Å². The predicted octanol–water partition coefficient (Wildman–Crippen LogP) is 13.4. The molecule has 0 aliphatic carbocycles. The molecule has 0 saturated heterocycles. The zero-order chi connectivity index (χ0) is 38.7. The van der Waals surface area contributed by atoms with Gasteiger partial charge in [0.25, 0.3) is 0 Å². The Balaban J connectivity index is 1.14. The number of allylic oxidation sites excluding steroid dienone is 4. The Bertz CT molecular complexity index is 2840. The fraction of sp³-hybridized carbons (Fsp3) is 0. The van der Waals surface area contributed by atoms with Gasteiger partial charge < -0.3 is 10.6 Å². The van der Waals surface area contributed by atoms with Crippen LogP contribution in [0.15, 0.2) is 183 Å². The highest BCUT2D eigenvalue weighted by atomic mass is 32.1. The SMILES string of the molecule is C=Cc1c(/C=C\c2ccccc2-c2ccccc2N)sc2c3c(ccc12)N(c1cccc(-c2nc(-c4ccccc4)nc(-c4ccccc4)n2)c1)/C=C\C=C/C3=C. The lowest BCUT2D eigenvalue weighted by atomic mass is 9.97. The molecule has 6 aromatic carbocycles. The normalized spacial score (nSPS) is 13.6. The van der Waals surface area contributed by atoms with Crippen molar-refractivity contribution in [2.75, 3.05) is 10.6 Å². The van der Waals surface area contributed by atoms with Gasteiger partial charge in [0.05, 0.1) is 5.69 Å². The number of nitrogen functional groups attached to an aromatic ring is 1. The van der Waals surface area contributed by atoms with Gasteiger partial charge in [0.15, 0.2) is 17.5 Å². The number of hydrogen-bond acceptors (Lipinski definition) is 6. The first-order chi connectivity index (χ1) is 28.1. The van der Waals surface area contributed by atoms with Gasteiger partial charge in [0, 0.05) is 60.4 Å². The van der Waals surface area contributed by atoms with Crippen LogP contribution in [0.1, 0.15) is 21.6 Å². The van der Waals surface area contributed by atoms with Crippen molar-refractivity contribution in [3.05, 3.63) is 205 Å². The minimum absolute atomic E-state index is 0.599. The summed E-state index contributed by atoms with van der Waals surface area (Å²) in [5.74, 6) is 1.85. The van der Waals surface area contributed by atoms with Crippen LogP contribution in [0.25, 0.3) is 79.2 Å². The van der Waals surface area contributed by atoms with E-state index >= 15 is 0 Å². The number of thiophene rings is 1. The van der Waals surface area contributed by atoms with E-state index in [2.05, 4.69) is 109 Å². The first-order valence-electron chi connectivity index (χ1n) is 18.7. The quantitative estimate of drug-likeness (QED) is 0.157. The maximum absolute atomic E-state index is 6.41. The lowest BCUT2D eigenvalue weighted by molar-refractivity contribution is 1.07. The second kappa shape index (κ2) is 15.4. The summed E-state index contributed by atoms with van der Waals surface area (Å²) < 4.78 is 1.14. The number of anilines is 3. The van der Waals surface area contributed by atoms with Crippen molar-refractivity contribution in [2.45, 2.75) is 0 Å². The topological polar surface area (TPSA) is 67.9 Å². The lowest BCUT2D eigenvalue weighted by Crippen LogP contribution is -2.11. The van der Waals surface area contributed by atoms with Gasteiger partial charge >= 0.3 is 0 Å². The smallest absolute Gasteiger partial charge is 0.164 e. The summed E-state index contributed by atoms with van der Waals surface area (Å²) in [6.07, 6.45) is 14.6. The molecule has 8 aromatic rings. The molecule has 2 aromatic heterocycles. The monoisotopic (exact) mass is 751 g/mol. The Morgan fingerprint density at radius 1 is 0.614 bits per heavy atom. The van der Waals surface area contributed by atoms with Crippen molar-refractivity contribution in [3.63, 3.8) is 0 Å². The third-order valence-electron chi connectivity index (χ3n) is 10.0. The van der Waals surface area contributed by atoms with E-state index in [9.17, 15) is 0 Å². The third kappa shape index (κ3) is 6.91. The second-order valence-corrected chi connectivity index (χ2v) is 14.7. The minimum atomic E-state index is 0.599. The number of hydrogen-bond donors (Lipinski definition) is 1. The molecule has 1 aliphatic heterocycles. The Labute approximate surface area is 336 Å². The molecular formula is C51H37N5S. The molecule has 3 heterocycles. The Morgan fingerprint density at radius 3 is 1.95 bits per heavy atom. The maximum Gasteiger partial charge on any atom is 0.164 e. The van der Waals surface area contributed by atoms with Crippen LogP contribution in [0.4, 0.5) is 17.1 Å². The average Bonchev–Trinajstić information content (AvgIpc) is 3.63. The Hall–Kier alpha value is -7.41. The zero-order valence-corrected chi connectivity index (χ0v) is 31.9. The molecule has 1 aliphatic rings. The second-order valence-electron chi connectivity index (χ2n) is 13.6. The van der Waals surface area contributed by atoms with Gasteiger partial charge in [-0.15, -0.1) is 11.3 Å². The standard InChI is InChI=1S/C51H37N5S/c1-3-40-43-29-30-45-47(48(43)57-46(40)31-28-35-18-10-11-25-41(35)42-26-12-13-27-44(42)52)34(2)17-14-15-32-56(45)39-24-16-23-38(33-39)51-54-49(36-19-6-4-7-20-36)53-50(55-51)37-21-8-5-9-22-37/h3-33H,1-2,52H2/b17-14-,31-28-,32-15-. The van der Waals surface area contributed by atoms with E-state index in [0.717, 1.165) is 82.1 Å². The van der Waals surface area contributed by atoms with Crippen LogP contribution in [0.2, 0.25) is 0 Å². The van der Waals surface area contributed by atoms with E-state index in [4.69, 9.17) is 20.7 Å². The van der Waals surface area contributed by atoms with Crippen LogP contribution >= 0.6 is 11.3 Å². The summed E-state index contributed by atoms with van der Waals surface area (Å²) in [7, 11) is 0. The van der Waals surface area contributed by atoms with Gasteiger partial charge in [-0.05, 0) is 58.7 Å². The molecule has 57 heavy (non-hydrogen) atoms. The molecule has 0 fully saturated rings. The summed E-state index contributed by atoms with van der Waals surface area (Å²) >= 11 is 1.75. The molecule has 0 amide bonds. The number of fused-ring (bicyclic) bond motifs is 3. The van der Waals surface area contributed by atoms with E-state index < -0.39 is 0 Å². The highest BCUT2D eigenvalue weighted by molar-refractivity contribution is 7.20. The molecular weight excluding hydrogens is 715 g/mol. The highest BCUT2D eigenvalue weighted by Gasteiger charge is 2.22. The van der Waals surface area contributed by atoms with Crippen molar-refractivity contribution in [1.29, 1.82) is 0 Å². The number of nitrogens with two attached hydrogens (primary N) is 1. The molecule has 6 heteroatoms. The zero-order valence-electron chi connectivity index (χ0n) is 31.1. The summed E-state index contributed by atoms with van der Waals surface area (Å²) in [6.45, 7) is 8.81. The fourth-order valence-corrected chi connectivity index (χ4v) is 8.54. The number of rotatable bonds is 8. The average molecular weight is 752 g/mol. The van der Waals surface area contributed by atoms with Gasteiger partial charge in [-0.3, -0.25) is 0 Å². The molecule has 0 radical (unpaired) electrons. The molecule has 0 unspecified atom stereocenters. The molecule has 0 atom stereocenters. The minimum Gasteiger partial charge on any atom is -0.398 e. The maximum atomic E-state index is 6.41. The highest BCUT2D eigenvalue weighted by Crippen LogP contribution is 2.45. The van der Waals surface area contributed by atoms with E-state index in [1.807, 2.05) is 97.1 Å². The summed E-state index contributed by atoms with van der Waals surface area (Å²) in [5, 5.41) is 1.13. The Morgan fingerprint density at radius 2 is 1.25 bits per heavy atom. The van der Waals surface area contributed by atoms with Crippen LogP contribution in [0, 0.1) is 0 Å². The summed E-state index contributed by atoms with van der Waals surface area (Å²) in [5.41, 5.74) is 18.2. The molecule has 0 spiro atoms. The first kappa shape index (κ1) is 35.3. The number of benzene rings is 6. The Kier molecular flexibility index (Phi) is 9.52. The van der Waals surface area contributed by atoms with E-state index in [0.29, 0.717) is 17.5 Å². The number of aromatic nitrogens is 3. The van der Waals surface area contributed by atoms with Crippen LogP contribution in [0.5, 0.6) is 0 Å². The number of nitrogens with zero attached hydrogens (tertiary/aromatic N) is 4. The van der Waals surface area contributed by atoms with Crippen molar-refractivity contribution in [2.24, 2.45) is 0 Å². The van der Waals surface area contributed by atoms with Crippen molar-refractivity contribution < 1.29 is 0 Å². The molecule has 2 N–H and O–H groups in total. The number of para-hydroxylation sites is 1. The van der Waals surface area contributed by atoms with E-state index in [-0.39, 0.29) is 0 Å². The first-order valence-corrected chi connectivity index (χ1v) is 19.5. The molecule has 0 saturated carbocycles. The van der Waals surface area contributed by atoms with Crippen LogP contribution < -0.4 is 10.6 Å². The van der Waals surface area contributed by atoms with Gasteiger partial charge in [0.1, 0.15) is 0 Å². The van der Waals surface area contributed by atoms with Crippen LogP contribution in [-0.4, -0.2) is 15.0 Å². The predicted molar refractivity (Wildman–Crippen MR) is 243 cm³/mol.